The number of carbonyl (C=O) groups excluding carboxylic acids is 1. The molecule has 0 aliphatic carbocycles. The van der Waals surface area contributed by atoms with E-state index in [-0.39, 0.29) is 17.7 Å². The number of amides is 1. The number of hydrogen-bond acceptors (Lipinski definition) is 5. The molecular weight excluding hydrogens is 426 g/mol. The van der Waals surface area contributed by atoms with Gasteiger partial charge < -0.3 is 11.2 Å². The lowest BCUT2D eigenvalue weighted by atomic mass is 10.1. The van der Waals surface area contributed by atoms with Crippen molar-refractivity contribution in [2.45, 2.75) is 25.0 Å². The highest BCUT2D eigenvalue weighted by Crippen LogP contribution is 2.22. The number of carbonyl (C=O) groups is 1. The van der Waals surface area contributed by atoms with Crippen LogP contribution in [0.15, 0.2) is 58.2 Å². The molecule has 1 aromatic heterocycles. The van der Waals surface area contributed by atoms with Gasteiger partial charge in [-0.25, -0.2) is 4.68 Å². The lowest BCUT2D eigenvalue weighted by molar-refractivity contribution is -0.119. The lowest BCUT2D eigenvalue weighted by Crippen LogP contribution is -2.28. The molecule has 140 valence electrons. The number of benzene rings is 2. The smallest absolute Gasteiger partial charge is 0.230 e. The van der Waals surface area contributed by atoms with Gasteiger partial charge in [-0.1, -0.05) is 69.7 Å². The predicted octanol–water partition coefficient (Wildman–Crippen LogP) is 3.70. The van der Waals surface area contributed by atoms with Crippen LogP contribution in [0.3, 0.4) is 0 Å². The Morgan fingerprint density at radius 3 is 2.52 bits per heavy atom. The minimum absolute atomic E-state index is 0.0786. The molecule has 0 saturated heterocycles. The molecule has 3 N–H and O–H groups in total. The summed E-state index contributed by atoms with van der Waals surface area (Å²) in [6.45, 7) is 3.97. The largest absolute Gasteiger partial charge is 0.349 e. The molecule has 6 nitrogen and oxygen atoms in total. The molecule has 0 aliphatic rings. The third-order valence-electron chi connectivity index (χ3n) is 4.05. The van der Waals surface area contributed by atoms with Crippen molar-refractivity contribution in [3.63, 3.8) is 0 Å². The number of halogens is 1. The SMILES string of the molecule is Cc1ccc(-c2nnc(SCC(=O)NC(C)c3ccc(Br)cc3)n2N)cc1. The molecule has 0 fully saturated rings. The number of nitrogens with zero attached hydrogens (tertiary/aromatic N) is 3. The van der Waals surface area contributed by atoms with Crippen LogP contribution in [0, 0.1) is 6.92 Å². The third kappa shape index (κ3) is 4.90. The molecule has 0 saturated carbocycles. The maximum atomic E-state index is 12.3. The summed E-state index contributed by atoms with van der Waals surface area (Å²) < 4.78 is 2.42. The number of nitrogens with two attached hydrogens (primary N) is 1. The number of nitrogen functional groups attached to an aromatic ring is 1. The van der Waals surface area contributed by atoms with Crippen molar-refractivity contribution in [2.75, 3.05) is 11.6 Å². The Bertz CT molecular complexity index is 924. The van der Waals surface area contributed by atoms with E-state index in [2.05, 4.69) is 31.4 Å². The molecule has 27 heavy (non-hydrogen) atoms. The summed E-state index contributed by atoms with van der Waals surface area (Å²) in [5.41, 5.74) is 3.09. The Balaban J connectivity index is 1.59. The van der Waals surface area contributed by atoms with Crippen LogP contribution in [0.2, 0.25) is 0 Å². The molecule has 0 bridgehead atoms. The fraction of sp³-hybridized carbons (Fsp3) is 0.211. The molecule has 1 heterocycles. The predicted molar refractivity (Wildman–Crippen MR) is 112 cm³/mol. The molecule has 0 radical (unpaired) electrons. The van der Waals surface area contributed by atoms with Crippen molar-refractivity contribution in [1.82, 2.24) is 20.2 Å². The second kappa shape index (κ2) is 8.58. The number of thioether (sulfide) groups is 1. The van der Waals surface area contributed by atoms with Gasteiger partial charge in [-0.2, -0.15) is 0 Å². The molecule has 2 aromatic carbocycles. The van der Waals surface area contributed by atoms with Crippen LogP contribution in [-0.4, -0.2) is 26.5 Å². The Hall–Kier alpha value is -2.32. The summed E-state index contributed by atoms with van der Waals surface area (Å²) in [5, 5.41) is 11.7. The molecule has 8 heteroatoms. The molecule has 1 atom stereocenters. The summed E-state index contributed by atoms with van der Waals surface area (Å²) in [6.07, 6.45) is 0. The molecular formula is C19H20BrN5OS. The minimum Gasteiger partial charge on any atom is -0.349 e. The molecule has 0 spiro atoms. The molecule has 3 aromatic rings. The Kier molecular flexibility index (Phi) is 6.18. The zero-order valence-electron chi connectivity index (χ0n) is 15.0. The Morgan fingerprint density at radius 1 is 1.19 bits per heavy atom. The number of hydrogen-bond donors (Lipinski definition) is 2. The Morgan fingerprint density at radius 2 is 1.85 bits per heavy atom. The minimum atomic E-state index is -0.0877. The average Bonchev–Trinajstić information content (AvgIpc) is 3.02. The highest BCUT2D eigenvalue weighted by Gasteiger charge is 2.15. The van der Waals surface area contributed by atoms with Gasteiger partial charge in [-0.15, -0.1) is 10.2 Å². The first-order valence-corrected chi connectivity index (χ1v) is 10.2. The monoisotopic (exact) mass is 445 g/mol. The summed E-state index contributed by atoms with van der Waals surface area (Å²) >= 11 is 4.67. The second-order valence-corrected chi connectivity index (χ2v) is 8.03. The maximum absolute atomic E-state index is 12.3. The Labute approximate surface area is 170 Å². The van der Waals surface area contributed by atoms with Crippen molar-refractivity contribution in [1.29, 1.82) is 0 Å². The number of aryl methyl sites for hydroxylation is 1. The van der Waals surface area contributed by atoms with Gasteiger partial charge in [0.1, 0.15) is 0 Å². The molecule has 0 aliphatic heterocycles. The van der Waals surface area contributed by atoms with Crippen molar-refractivity contribution in [3.8, 4) is 11.4 Å². The summed E-state index contributed by atoms with van der Waals surface area (Å²) in [4.78, 5) is 12.3. The van der Waals surface area contributed by atoms with E-state index < -0.39 is 0 Å². The zero-order chi connectivity index (χ0) is 19.4. The van der Waals surface area contributed by atoms with E-state index in [0.29, 0.717) is 11.0 Å². The van der Waals surface area contributed by atoms with Crippen LogP contribution in [0.1, 0.15) is 24.1 Å². The van der Waals surface area contributed by atoms with Gasteiger partial charge in [0.15, 0.2) is 5.82 Å². The summed E-state index contributed by atoms with van der Waals surface area (Å²) in [5.74, 6) is 6.80. The second-order valence-electron chi connectivity index (χ2n) is 6.17. The molecule has 3 rings (SSSR count). The first-order valence-electron chi connectivity index (χ1n) is 8.39. The number of aromatic nitrogens is 3. The standard InChI is InChI=1S/C19H20BrN5OS/c1-12-3-5-15(6-4-12)18-23-24-19(25(18)21)27-11-17(26)22-13(2)14-7-9-16(20)10-8-14/h3-10,13H,11,21H2,1-2H3,(H,22,26). The highest BCUT2D eigenvalue weighted by atomic mass is 79.9. The topological polar surface area (TPSA) is 85.8 Å². The van der Waals surface area contributed by atoms with Gasteiger partial charge >= 0.3 is 0 Å². The van der Waals surface area contributed by atoms with E-state index in [0.717, 1.165) is 21.2 Å². The van der Waals surface area contributed by atoms with Gasteiger partial charge in [-0.3, -0.25) is 4.79 Å². The van der Waals surface area contributed by atoms with Gasteiger partial charge in [0.2, 0.25) is 11.1 Å². The highest BCUT2D eigenvalue weighted by molar-refractivity contribution is 9.10. The van der Waals surface area contributed by atoms with Crippen LogP contribution in [0.4, 0.5) is 0 Å². The van der Waals surface area contributed by atoms with E-state index >= 15 is 0 Å². The summed E-state index contributed by atoms with van der Waals surface area (Å²) in [7, 11) is 0. The molecule has 1 amide bonds. The van der Waals surface area contributed by atoms with E-state index in [1.54, 1.807) is 0 Å². The van der Waals surface area contributed by atoms with Crippen molar-refractivity contribution in [2.24, 2.45) is 0 Å². The van der Waals surface area contributed by atoms with E-state index in [1.165, 1.54) is 16.4 Å². The van der Waals surface area contributed by atoms with E-state index in [4.69, 9.17) is 5.84 Å². The van der Waals surface area contributed by atoms with Crippen molar-refractivity contribution < 1.29 is 4.79 Å². The van der Waals surface area contributed by atoms with Crippen molar-refractivity contribution in [3.05, 3.63) is 64.1 Å². The van der Waals surface area contributed by atoms with Crippen molar-refractivity contribution >= 4 is 33.6 Å². The average molecular weight is 446 g/mol. The fourth-order valence-corrected chi connectivity index (χ4v) is 3.45. The van der Waals surface area contributed by atoms with Crippen LogP contribution in [0.25, 0.3) is 11.4 Å². The van der Waals surface area contributed by atoms with Crippen LogP contribution in [0.5, 0.6) is 0 Å². The van der Waals surface area contributed by atoms with Gasteiger partial charge in [0.25, 0.3) is 0 Å². The third-order valence-corrected chi connectivity index (χ3v) is 5.53. The number of rotatable bonds is 6. The van der Waals surface area contributed by atoms with Crippen LogP contribution >= 0.6 is 27.7 Å². The number of nitrogens with one attached hydrogen (secondary N) is 1. The van der Waals surface area contributed by atoms with Crippen LogP contribution in [-0.2, 0) is 4.79 Å². The van der Waals surface area contributed by atoms with E-state index in [1.807, 2.05) is 62.4 Å². The van der Waals surface area contributed by atoms with Crippen LogP contribution < -0.4 is 11.2 Å². The summed E-state index contributed by atoms with van der Waals surface area (Å²) in [6, 6.07) is 15.7. The van der Waals surface area contributed by atoms with Gasteiger partial charge in [-0.05, 0) is 31.5 Å². The maximum Gasteiger partial charge on any atom is 0.230 e. The normalized spacial score (nSPS) is 12.0. The van der Waals surface area contributed by atoms with E-state index in [9.17, 15) is 4.79 Å². The quantitative estimate of drug-likeness (QED) is 0.446. The lowest BCUT2D eigenvalue weighted by Gasteiger charge is -2.14. The first-order chi connectivity index (χ1) is 12.9. The van der Waals surface area contributed by atoms with Gasteiger partial charge in [0, 0.05) is 10.0 Å². The van der Waals surface area contributed by atoms with Gasteiger partial charge in [0.05, 0.1) is 11.8 Å². The fourth-order valence-electron chi connectivity index (χ4n) is 2.52. The first kappa shape index (κ1) is 19.4. The molecule has 1 unspecified atom stereocenters. The zero-order valence-corrected chi connectivity index (χ0v) is 17.4.